The monoisotopic (exact) mass is 560 g/mol. The van der Waals surface area contributed by atoms with Crippen molar-refractivity contribution >= 4 is 11.8 Å². The summed E-state index contributed by atoms with van der Waals surface area (Å²) >= 11 is 0. The third-order valence-corrected chi connectivity index (χ3v) is 12.4. The molecule has 0 spiro atoms. The Labute approximate surface area is 250 Å². The fraction of sp³-hybridized carbons (Fsp3) is 0.737. The zero-order chi connectivity index (χ0) is 29.2. The van der Waals surface area contributed by atoms with E-state index in [1.807, 2.05) is 30.3 Å². The molecule has 8 atom stereocenters. The molecule has 3 saturated carbocycles. The molecule has 0 aliphatic heterocycles. The summed E-state index contributed by atoms with van der Waals surface area (Å²) in [6.07, 6.45) is 17.9. The van der Waals surface area contributed by atoms with Crippen LogP contribution in [0.3, 0.4) is 0 Å². The fourth-order valence-electron chi connectivity index (χ4n) is 10.2. The Balaban J connectivity index is 1.14. The first-order valence-corrected chi connectivity index (χ1v) is 17.1. The van der Waals surface area contributed by atoms with Crippen LogP contribution in [-0.4, -0.2) is 17.9 Å². The van der Waals surface area contributed by atoms with Gasteiger partial charge in [-0.15, -0.1) is 0 Å². The second-order valence-corrected chi connectivity index (χ2v) is 15.3. The van der Waals surface area contributed by atoms with Crippen LogP contribution in [0.15, 0.2) is 42.0 Å². The lowest BCUT2D eigenvalue weighted by Gasteiger charge is -2.58. The molecule has 0 heterocycles. The molecule has 0 N–H and O–H groups in total. The number of esters is 1. The first kappa shape index (κ1) is 30.6. The SMILES string of the molecule is CC(C)CCC[C@@H](C)[C@H]1CCC2C3CC=C4CC(OC(=O)CCCC(=O)c5ccccc5)CC[C@]4(C)C3CC[C@@]21C. The lowest BCUT2D eigenvalue weighted by Crippen LogP contribution is -2.51. The molecule has 0 amide bonds. The maximum Gasteiger partial charge on any atom is 0.306 e. The van der Waals surface area contributed by atoms with Gasteiger partial charge in [0.2, 0.25) is 0 Å². The smallest absolute Gasteiger partial charge is 0.306 e. The van der Waals surface area contributed by atoms with Crippen LogP contribution >= 0.6 is 0 Å². The number of carbonyl (C=O) groups is 2. The Morgan fingerprint density at radius 3 is 2.44 bits per heavy atom. The van der Waals surface area contributed by atoms with Gasteiger partial charge in [0.1, 0.15) is 6.10 Å². The van der Waals surface area contributed by atoms with Crippen LogP contribution in [0.4, 0.5) is 0 Å². The van der Waals surface area contributed by atoms with Gasteiger partial charge in [-0.1, -0.05) is 95.9 Å². The maximum atomic E-state index is 12.7. The van der Waals surface area contributed by atoms with Gasteiger partial charge in [-0.05, 0) is 97.7 Å². The van der Waals surface area contributed by atoms with Crippen LogP contribution in [0.25, 0.3) is 0 Å². The number of benzene rings is 1. The molecule has 0 radical (unpaired) electrons. The van der Waals surface area contributed by atoms with Crippen LogP contribution in [0.2, 0.25) is 0 Å². The number of ketones is 1. The van der Waals surface area contributed by atoms with Crippen molar-refractivity contribution in [3.8, 4) is 0 Å². The Kier molecular flexibility index (Phi) is 9.51. The van der Waals surface area contributed by atoms with Gasteiger partial charge in [0.05, 0.1) is 0 Å². The predicted octanol–water partition coefficient (Wildman–Crippen LogP) is 9.99. The average Bonchev–Trinajstić information content (AvgIpc) is 3.30. The number of Topliss-reactive ketones (excluding diaryl/α,β-unsaturated/α-hetero) is 1. The largest absolute Gasteiger partial charge is 0.462 e. The summed E-state index contributed by atoms with van der Waals surface area (Å²) in [5.74, 6) is 5.04. The fourth-order valence-corrected chi connectivity index (χ4v) is 10.2. The van der Waals surface area contributed by atoms with E-state index in [1.54, 1.807) is 5.57 Å². The van der Waals surface area contributed by atoms with Crippen molar-refractivity contribution < 1.29 is 14.3 Å². The highest BCUT2D eigenvalue weighted by atomic mass is 16.5. The minimum Gasteiger partial charge on any atom is -0.462 e. The molecule has 3 heteroatoms. The van der Waals surface area contributed by atoms with E-state index in [9.17, 15) is 9.59 Å². The summed E-state index contributed by atoms with van der Waals surface area (Å²) in [5.41, 5.74) is 3.09. The highest BCUT2D eigenvalue weighted by Gasteiger charge is 2.59. The van der Waals surface area contributed by atoms with Crippen molar-refractivity contribution in [1.82, 2.24) is 0 Å². The van der Waals surface area contributed by atoms with E-state index in [1.165, 1.54) is 51.4 Å². The molecular formula is C38H56O3. The average molecular weight is 561 g/mol. The third kappa shape index (κ3) is 6.40. The molecule has 41 heavy (non-hydrogen) atoms. The van der Waals surface area contributed by atoms with Gasteiger partial charge in [-0.2, -0.15) is 0 Å². The van der Waals surface area contributed by atoms with Gasteiger partial charge in [0.15, 0.2) is 5.78 Å². The Morgan fingerprint density at radius 2 is 1.68 bits per heavy atom. The van der Waals surface area contributed by atoms with E-state index in [4.69, 9.17) is 4.74 Å². The molecule has 226 valence electrons. The highest BCUT2D eigenvalue weighted by molar-refractivity contribution is 5.96. The predicted molar refractivity (Wildman–Crippen MR) is 168 cm³/mol. The van der Waals surface area contributed by atoms with Gasteiger partial charge in [0.25, 0.3) is 0 Å². The molecule has 5 rings (SSSR count). The van der Waals surface area contributed by atoms with Crippen molar-refractivity contribution in [3.05, 3.63) is 47.5 Å². The zero-order valence-corrected chi connectivity index (χ0v) is 26.6. The van der Waals surface area contributed by atoms with E-state index in [0.717, 1.165) is 60.3 Å². The summed E-state index contributed by atoms with van der Waals surface area (Å²) in [6, 6.07) is 9.36. The highest BCUT2D eigenvalue weighted by Crippen LogP contribution is 2.67. The van der Waals surface area contributed by atoms with E-state index >= 15 is 0 Å². The Bertz CT molecular complexity index is 1090. The van der Waals surface area contributed by atoms with Crippen molar-refractivity contribution in [1.29, 1.82) is 0 Å². The second-order valence-electron chi connectivity index (χ2n) is 15.3. The van der Waals surface area contributed by atoms with E-state index in [0.29, 0.717) is 24.7 Å². The lowest BCUT2D eigenvalue weighted by molar-refractivity contribution is -0.151. The van der Waals surface area contributed by atoms with Gasteiger partial charge in [0, 0.05) is 24.8 Å². The van der Waals surface area contributed by atoms with Crippen molar-refractivity contribution in [2.75, 3.05) is 0 Å². The van der Waals surface area contributed by atoms with Crippen LogP contribution in [0.1, 0.15) is 135 Å². The topological polar surface area (TPSA) is 43.4 Å². The van der Waals surface area contributed by atoms with E-state index in [-0.39, 0.29) is 23.3 Å². The van der Waals surface area contributed by atoms with Crippen molar-refractivity contribution in [2.45, 2.75) is 131 Å². The van der Waals surface area contributed by atoms with Crippen LogP contribution in [0.5, 0.6) is 0 Å². The molecule has 3 nitrogen and oxygen atoms in total. The molecule has 1 aromatic rings. The number of hydrogen-bond acceptors (Lipinski definition) is 3. The molecule has 4 aliphatic carbocycles. The third-order valence-electron chi connectivity index (χ3n) is 12.4. The number of fused-ring (bicyclic) bond motifs is 5. The summed E-state index contributed by atoms with van der Waals surface area (Å²) < 4.78 is 5.99. The number of ether oxygens (including phenoxy) is 1. The molecule has 1 aromatic carbocycles. The Hall–Kier alpha value is -1.90. The van der Waals surface area contributed by atoms with Gasteiger partial charge in [-0.3, -0.25) is 9.59 Å². The summed E-state index contributed by atoms with van der Waals surface area (Å²) in [4.78, 5) is 25.1. The molecular weight excluding hydrogens is 504 g/mol. The molecule has 0 saturated heterocycles. The summed E-state index contributed by atoms with van der Waals surface area (Å²) in [5, 5.41) is 0. The van der Waals surface area contributed by atoms with Crippen LogP contribution in [0, 0.1) is 46.3 Å². The van der Waals surface area contributed by atoms with Crippen LogP contribution in [-0.2, 0) is 9.53 Å². The van der Waals surface area contributed by atoms with E-state index < -0.39 is 0 Å². The van der Waals surface area contributed by atoms with E-state index in [2.05, 4.69) is 40.7 Å². The maximum absolute atomic E-state index is 12.7. The molecule has 0 bridgehead atoms. The van der Waals surface area contributed by atoms with Crippen molar-refractivity contribution in [2.24, 2.45) is 46.3 Å². The second kappa shape index (κ2) is 12.8. The summed E-state index contributed by atoms with van der Waals surface area (Å²) in [7, 11) is 0. The first-order chi connectivity index (χ1) is 19.6. The quantitative estimate of drug-likeness (QED) is 0.154. The van der Waals surface area contributed by atoms with Gasteiger partial charge >= 0.3 is 5.97 Å². The molecule has 4 aliphatic rings. The normalized spacial score (nSPS) is 35.2. The number of carbonyl (C=O) groups excluding carboxylic acids is 2. The van der Waals surface area contributed by atoms with Gasteiger partial charge < -0.3 is 4.74 Å². The standard InChI is InChI=1S/C38H56O3/c1-26(2)11-9-12-27(3)32-19-20-33-31-18-17-29-25-30(21-23-37(29,4)34(31)22-24-38(32,33)5)41-36(40)16-10-15-35(39)28-13-7-6-8-14-28/h6-8,13-14,17,26-27,30-34H,9-12,15-16,18-25H2,1-5H3/t27-,30?,31?,32-,33?,34?,37+,38-/m1/s1. The van der Waals surface area contributed by atoms with Crippen molar-refractivity contribution in [3.63, 3.8) is 0 Å². The lowest BCUT2D eigenvalue weighted by atomic mass is 9.47. The minimum atomic E-state index is -0.137. The Morgan fingerprint density at radius 1 is 0.902 bits per heavy atom. The number of hydrogen-bond donors (Lipinski definition) is 0. The molecule has 0 aromatic heterocycles. The zero-order valence-electron chi connectivity index (χ0n) is 26.6. The first-order valence-electron chi connectivity index (χ1n) is 17.1. The molecule has 4 unspecified atom stereocenters. The van der Waals surface area contributed by atoms with Crippen LogP contribution < -0.4 is 0 Å². The minimum absolute atomic E-state index is 0.000365. The summed E-state index contributed by atoms with van der Waals surface area (Å²) in [6.45, 7) is 12.5. The van der Waals surface area contributed by atoms with Gasteiger partial charge in [-0.25, -0.2) is 0 Å². The number of rotatable bonds is 11. The molecule has 3 fully saturated rings. The number of allylic oxidation sites excluding steroid dienone is 1.